The van der Waals surface area contributed by atoms with Gasteiger partial charge in [0.25, 0.3) is 5.56 Å². The van der Waals surface area contributed by atoms with Crippen LogP contribution in [0.5, 0.6) is 0 Å². The molecule has 4 aromatic rings. The number of aromatic nitrogens is 6. The smallest absolute Gasteiger partial charge is 0.359 e. The van der Waals surface area contributed by atoms with Crippen molar-refractivity contribution >= 4 is 33.7 Å². The van der Waals surface area contributed by atoms with Crippen LogP contribution in [0.1, 0.15) is 23.8 Å². The first-order valence-corrected chi connectivity index (χ1v) is 9.18. The third-order valence-corrected chi connectivity index (χ3v) is 4.57. The molecule has 3 aromatic heterocycles. The van der Waals surface area contributed by atoms with E-state index < -0.39 is 5.97 Å². The van der Waals surface area contributed by atoms with Gasteiger partial charge < -0.3 is 15.0 Å². The van der Waals surface area contributed by atoms with Crippen molar-refractivity contribution in [2.75, 3.05) is 12.3 Å². The van der Waals surface area contributed by atoms with Gasteiger partial charge in [0.15, 0.2) is 17.2 Å². The average Bonchev–Trinajstić information content (AvgIpc) is 3.16. The molecule has 29 heavy (non-hydrogen) atoms. The third kappa shape index (κ3) is 3.40. The number of anilines is 1. The molecule has 0 saturated carbocycles. The summed E-state index contributed by atoms with van der Waals surface area (Å²) in [6.07, 6.45) is 3.56. The van der Waals surface area contributed by atoms with Crippen molar-refractivity contribution in [3.8, 4) is 0 Å². The fraction of sp³-hybridized carbons (Fsp3) is 0.263. The van der Waals surface area contributed by atoms with Gasteiger partial charge in [-0.05, 0) is 19.4 Å². The molecule has 0 unspecified atom stereocenters. The zero-order valence-electron chi connectivity index (χ0n) is 15.8. The quantitative estimate of drug-likeness (QED) is 0.384. The molecule has 1 aromatic carbocycles. The van der Waals surface area contributed by atoms with E-state index in [1.54, 1.807) is 37.5 Å². The van der Waals surface area contributed by atoms with Gasteiger partial charge in [-0.1, -0.05) is 18.2 Å². The van der Waals surface area contributed by atoms with Crippen LogP contribution < -0.4 is 11.3 Å². The lowest BCUT2D eigenvalue weighted by atomic mass is 10.1. The maximum absolute atomic E-state index is 12.6. The maximum atomic E-state index is 12.6. The standard InChI is InChI=1S/C19H19N7O3/c1-2-26-18(27)13-7-4-3-6-12(13)14(24-26)19(28)29-9-5-8-25-11-23-15-16(20)21-10-22-17(15)25/h3-4,6-7,10-11H,2,5,8-9H2,1H3,(H2,20,21,22). The number of benzene rings is 1. The van der Waals surface area contributed by atoms with E-state index in [9.17, 15) is 9.59 Å². The fourth-order valence-corrected chi connectivity index (χ4v) is 3.13. The van der Waals surface area contributed by atoms with Crippen molar-refractivity contribution in [1.29, 1.82) is 0 Å². The minimum Gasteiger partial charge on any atom is -0.461 e. The Labute approximate surface area is 165 Å². The van der Waals surface area contributed by atoms with Gasteiger partial charge in [-0.15, -0.1) is 0 Å². The normalized spacial score (nSPS) is 11.2. The zero-order chi connectivity index (χ0) is 20.4. The second kappa shape index (κ2) is 7.66. The number of aryl methyl sites for hydroxylation is 2. The third-order valence-electron chi connectivity index (χ3n) is 4.57. The first kappa shape index (κ1) is 18.5. The number of carbonyl (C=O) groups excluding carboxylic acids is 1. The Hall–Kier alpha value is -3.82. The summed E-state index contributed by atoms with van der Waals surface area (Å²) in [7, 11) is 0. The van der Waals surface area contributed by atoms with Gasteiger partial charge in [0.05, 0.1) is 18.3 Å². The highest BCUT2D eigenvalue weighted by Crippen LogP contribution is 2.16. The van der Waals surface area contributed by atoms with Gasteiger partial charge in [0, 0.05) is 18.5 Å². The lowest BCUT2D eigenvalue weighted by molar-refractivity contribution is 0.0489. The molecule has 0 aliphatic carbocycles. The van der Waals surface area contributed by atoms with Gasteiger partial charge in [-0.2, -0.15) is 5.10 Å². The summed E-state index contributed by atoms with van der Waals surface area (Å²) in [6, 6.07) is 6.89. The summed E-state index contributed by atoms with van der Waals surface area (Å²) in [5, 5.41) is 5.11. The van der Waals surface area contributed by atoms with Gasteiger partial charge in [0.2, 0.25) is 0 Å². The molecule has 0 fully saturated rings. The van der Waals surface area contributed by atoms with Crippen LogP contribution in [-0.2, 0) is 17.8 Å². The molecule has 0 aliphatic heterocycles. The van der Waals surface area contributed by atoms with Crippen molar-refractivity contribution in [2.45, 2.75) is 26.4 Å². The predicted molar refractivity (Wildman–Crippen MR) is 106 cm³/mol. The number of nitrogens with zero attached hydrogens (tertiary/aromatic N) is 6. The first-order valence-electron chi connectivity index (χ1n) is 9.18. The molecule has 3 heterocycles. The minimum absolute atomic E-state index is 0.135. The number of fused-ring (bicyclic) bond motifs is 2. The van der Waals surface area contributed by atoms with E-state index >= 15 is 0 Å². The second-order valence-electron chi connectivity index (χ2n) is 6.37. The van der Waals surface area contributed by atoms with Crippen molar-refractivity contribution in [3.05, 3.63) is 53.0 Å². The van der Waals surface area contributed by atoms with E-state index in [2.05, 4.69) is 20.1 Å². The summed E-state index contributed by atoms with van der Waals surface area (Å²) in [6.45, 7) is 2.88. The summed E-state index contributed by atoms with van der Waals surface area (Å²) in [5.74, 6) is -0.241. The average molecular weight is 393 g/mol. The summed E-state index contributed by atoms with van der Waals surface area (Å²) in [4.78, 5) is 37.3. The van der Waals surface area contributed by atoms with Crippen molar-refractivity contribution < 1.29 is 9.53 Å². The number of ether oxygens (including phenoxy) is 1. The Morgan fingerprint density at radius 2 is 1.97 bits per heavy atom. The molecule has 0 aliphatic rings. The highest BCUT2D eigenvalue weighted by molar-refractivity contribution is 6.02. The highest BCUT2D eigenvalue weighted by atomic mass is 16.5. The first-order chi connectivity index (χ1) is 14.1. The van der Waals surface area contributed by atoms with Crippen molar-refractivity contribution in [3.63, 3.8) is 0 Å². The number of nitrogen functional groups attached to an aromatic ring is 1. The largest absolute Gasteiger partial charge is 0.461 e. The topological polar surface area (TPSA) is 131 Å². The van der Waals surface area contributed by atoms with Gasteiger partial charge >= 0.3 is 5.97 Å². The van der Waals surface area contributed by atoms with E-state index in [0.717, 1.165) is 0 Å². The number of nitrogens with two attached hydrogens (primary N) is 1. The van der Waals surface area contributed by atoms with Crippen LogP contribution in [0.25, 0.3) is 21.9 Å². The Balaban J connectivity index is 1.47. The summed E-state index contributed by atoms with van der Waals surface area (Å²) >= 11 is 0. The molecule has 10 nitrogen and oxygen atoms in total. The van der Waals surface area contributed by atoms with E-state index in [1.165, 1.54) is 11.0 Å². The Kier molecular flexibility index (Phi) is 4.90. The molecule has 0 spiro atoms. The van der Waals surface area contributed by atoms with Gasteiger partial charge in [-0.25, -0.2) is 24.4 Å². The van der Waals surface area contributed by atoms with E-state index in [4.69, 9.17) is 10.5 Å². The molecule has 10 heteroatoms. The molecular formula is C19H19N7O3. The number of imidazole rings is 1. The van der Waals surface area contributed by atoms with E-state index in [0.29, 0.717) is 47.3 Å². The molecule has 0 radical (unpaired) electrons. The number of rotatable bonds is 6. The lowest BCUT2D eigenvalue weighted by Gasteiger charge is -2.10. The van der Waals surface area contributed by atoms with Crippen LogP contribution in [0.3, 0.4) is 0 Å². The predicted octanol–water partition coefficient (Wildman–Crippen LogP) is 1.39. The fourth-order valence-electron chi connectivity index (χ4n) is 3.13. The molecule has 4 rings (SSSR count). The van der Waals surface area contributed by atoms with Crippen LogP contribution >= 0.6 is 0 Å². The summed E-state index contributed by atoms with van der Waals surface area (Å²) in [5.41, 5.74) is 6.86. The monoisotopic (exact) mass is 393 g/mol. The lowest BCUT2D eigenvalue weighted by Crippen LogP contribution is -2.26. The maximum Gasteiger partial charge on any atom is 0.359 e. The van der Waals surface area contributed by atoms with E-state index in [-0.39, 0.29) is 17.9 Å². The van der Waals surface area contributed by atoms with Crippen LogP contribution in [0.2, 0.25) is 0 Å². The second-order valence-corrected chi connectivity index (χ2v) is 6.37. The molecule has 0 amide bonds. The highest BCUT2D eigenvalue weighted by Gasteiger charge is 2.17. The summed E-state index contributed by atoms with van der Waals surface area (Å²) < 4.78 is 8.49. The number of hydrogen-bond acceptors (Lipinski definition) is 8. The van der Waals surface area contributed by atoms with Crippen LogP contribution in [-0.4, -0.2) is 41.9 Å². The molecule has 0 bridgehead atoms. The molecule has 148 valence electrons. The SMILES string of the molecule is CCn1nc(C(=O)OCCCn2cnc3c(N)ncnc32)c2ccccc2c1=O. The van der Waals surface area contributed by atoms with Crippen LogP contribution in [0.15, 0.2) is 41.7 Å². The number of carbonyl (C=O) groups is 1. The van der Waals surface area contributed by atoms with Crippen LogP contribution in [0, 0.1) is 0 Å². The molecule has 2 N–H and O–H groups in total. The Bertz CT molecular complexity index is 1260. The Morgan fingerprint density at radius 3 is 2.76 bits per heavy atom. The van der Waals surface area contributed by atoms with Gasteiger partial charge in [0.1, 0.15) is 11.8 Å². The van der Waals surface area contributed by atoms with Crippen molar-refractivity contribution in [1.82, 2.24) is 29.3 Å². The van der Waals surface area contributed by atoms with Gasteiger partial charge in [-0.3, -0.25) is 4.79 Å². The van der Waals surface area contributed by atoms with Crippen LogP contribution in [0.4, 0.5) is 5.82 Å². The molecule has 0 saturated heterocycles. The number of esters is 1. The van der Waals surface area contributed by atoms with E-state index in [1.807, 2.05) is 4.57 Å². The van der Waals surface area contributed by atoms with Crippen molar-refractivity contribution in [2.24, 2.45) is 0 Å². The number of hydrogen-bond donors (Lipinski definition) is 1. The molecule has 0 atom stereocenters. The molecular weight excluding hydrogens is 374 g/mol. The Morgan fingerprint density at radius 1 is 1.17 bits per heavy atom. The minimum atomic E-state index is -0.564. The zero-order valence-corrected chi connectivity index (χ0v) is 15.8.